The van der Waals surface area contributed by atoms with Gasteiger partial charge in [0.1, 0.15) is 5.82 Å². The largest absolute Gasteiger partial charge is 0.382 e. The fourth-order valence-electron chi connectivity index (χ4n) is 2.49. The lowest BCUT2D eigenvalue weighted by Crippen LogP contribution is -2.28. The third-order valence-electron chi connectivity index (χ3n) is 3.73. The predicted molar refractivity (Wildman–Crippen MR) is 93.0 cm³/mol. The van der Waals surface area contributed by atoms with Crippen LogP contribution in [0.5, 0.6) is 0 Å². The first-order valence-electron chi connectivity index (χ1n) is 7.58. The number of anilines is 1. The fraction of sp³-hybridized carbons (Fsp3) is 0.118. The average molecular weight is 356 g/mol. The second-order valence-corrected chi connectivity index (χ2v) is 6.32. The Morgan fingerprint density at radius 1 is 1.36 bits per heavy atom. The van der Waals surface area contributed by atoms with Crippen LogP contribution in [0.1, 0.15) is 12.0 Å². The van der Waals surface area contributed by atoms with Crippen LogP contribution in [0.2, 0.25) is 0 Å². The van der Waals surface area contributed by atoms with Gasteiger partial charge in [-0.25, -0.2) is 9.37 Å². The van der Waals surface area contributed by atoms with Crippen molar-refractivity contribution in [3.8, 4) is 11.4 Å². The van der Waals surface area contributed by atoms with Crippen LogP contribution in [0.15, 0.2) is 53.1 Å². The van der Waals surface area contributed by atoms with Gasteiger partial charge in [-0.3, -0.25) is 10.1 Å². The molecule has 3 aromatic rings. The van der Waals surface area contributed by atoms with Crippen molar-refractivity contribution in [2.75, 3.05) is 5.32 Å². The zero-order valence-corrected chi connectivity index (χ0v) is 13.7. The molecular weight excluding hydrogens is 343 g/mol. The first-order valence-corrected chi connectivity index (χ1v) is 8.46. The number of aromatic amines is 1. The number of halogens is 1. The molecule has 1 aliphatic heterocycles. The minimum Gasteiger partial charge on any atom is -0.382 e. The van der Waals surface area contributed by atoms with Gasteiger partial charge in [0.2, 0.25) is 6.10 Å². The van der Waals surface area contributed by atoms with E-state index in [2.05, 4.69) is 20.4 Å². The Morgan fingerprint density at radius 2 is 2.28 bits per heavy atom. The molecule has 0 aliphatic carbocycles. The molecule has 0 spiro atoms. The topological polar surface area (TPSA) is 79.4 Å². The number of carbonyl (C=O) groups is 1. The Balaban J connectivity index is 1.40. The Labute approximate surface area is 146 Å². The van der Waals surface area contributed by atoms with E-state index < -0.39 is 6.10 Å². The van der Waals surface area contributed by atoms with E-state index in [-0.39, 0.29) is 18.1 Å². The van der Waals surface area contributed by atoms with Crippen molar-refractivity contribution in [2.24, 2.45) is 5.16 Å². The van der Waals surface area contributed by atoms with Gasteiger partial charge in [-0.1, -0.05) is 17.3 Å². The van der Waals surface area contributed by atoms with Gasteiger partial charge in [0.15, 0.2) is 5.13 Å². The number of nitrogens with zero attached hydrogens (tertiary/aromatic N) is 2. The van der Waals surface area contributed by atoms with Crippen LogP contribution in [0.4, 0.5) is 9.52 Å². The second kappa shape index (κ2) is 6.48. The standard InChI is InChI=1S/C17H13FN4O2S/c18-11-4-1-3-10(7-11)13-8-15(24-22-13)16(23)21-17-20-14(9-25-17)12-5-2-6-19-12/h1-7,9,15,19H,8H2,(H,20,21,23). The Hall–Kier alpha value is -3.00. The van der Waals surface area contributed by atoms with E-state index >= 15 is 0 Å². The van der Waals surface area contributed by atoms with Crippen molar-refractivity contribution in [3.05, 3.63) is 59.4 Å². The number of hydrogen-bond acceptors (Lipinski definition) is 5. The van der Waals surface area contributed by atoms with Gasteiger partial charge in [-0.15, -0.1) is 11.3 Å². The molecule has 1 atom stereocenters. The lowest BCUT2D eigenvalue weighted by atomic mass is 10.0. The van der Waals surface area contributed by atoms with Crippen molar-refractivity contribution in [2.45, 2.75) is 12.5 Å². The summed E-state index contributed by atoms with van der Waals surface area (Å²) in [6.07, 6.45) is 1.34. The summed E-state index contributed by atoms with van der Waals surface area (Å²) < 4.78 is 13.3. The molecular formula is C17H13FN4O2S. The molecule has 8 heteroatoms. The SMILES string of the molecule is O=C(Nc1nc(-c2ccc[nH]2)cs1)C1CC(c2cccc(F)c2)=NO1. The summed E-state index contributed by atoms with van der Waals surface area (Å²) in [7, 11) is 0. The van der Waals surface area contributed by atoms with Crippen LogP contribution in [0, 0.1) is 5.82 Å². The maximum absolute atomic E-state index is 13.3. The fourth-order valence-corrected chi connectivity index (χ4v) is 3.20. The van der Waals surface area contributed by atoms with E-state index in [1.165, 1.54) is 23.5 Å². The predicted octanol–water partition coefficient (Wildman–Crippen LogP) is 3.41. The number of aromatic nitrogens is 2. The molecule has 1 amide bonds. The van der Waals surface area contributed by atoms with E-state index in [0.717, 1.165) is 11.4 Å². The molecule has 2 aromatic heterocycles. The molecule has 3 heterocycles. The molecule has 0 fully saturated rings. The van der Waals surface area contributed by atoms with Crippen LogP contribution in [-0.2, 0) is 9.63 Å². The van der Waals surface area contributed by atoms with Crippen molar-refractivity contribution in [1.29, 1.82) is 0 Å². The number of H-pyrrole nitrogens is 1. The number of thiazole rings is 1. The summed E-state index contributed by atoms with van der Waals surface area (Å²) in [6, 6.07) is 9.83. The Bertz CT molecular complexity index is 936. The van der Waals surface area contributed by atoms with Crippen molar-refractivity contribution in [3.63, 3.8) is 0 Å². The first kappa shape index (κ1) is 15.5. The van der Waals surface area contributed by atoms with E-state index in [1.54, 1.807) is 12.1 Å². The molecule has 0 saturated heterocycles. The number of rotatable bonds is 4. The highest BCUT2D eigenvalue weighted by atomic mass is 32.1. The number of nitrogens with one attached hydrogen (secondary N) is 2. The Morgan fingerprint density at radius 3 is 3.08 bits per heavy atom. The molecule has 126 valence electrons. The van der Waals surface area contributed by atoms with Gasteiger partial charge < -0.3 is 9.82 Å². The van der Waals surface area contributed by atoms with Crippen molar-refractivity contribution in [1.82, 2.24) is 9.97 Å². The molecule has 0 radical (unpaired) electrons. The van der Waals surface area contributed by atoms with Gasteiger partial charge in [0, 0.05) is 23.6 Å². The van der Waals surface area contributed by atoms with E-state index in [4.69, 9.17) is 4.84 Å². The van der Waals surface area contributed by atoms with Crippen molar-refractivity contribution < 1.29 is 14.0 Å². The van der Waals surface area contributed by atoms with Crippen LogP contribution in [-0.4, -0.2) is 27.7 Å². The maximum atomic E-state index is 13.3. The number of oxime groups is 1. The molecule has 25 heavy (non-hydrogen) atoms. The molecule has 4 rings (SSSR count). The highest BCUT2D eigenvalue weighted by Crippen LogP contribution is 2.25. The third kappa shape index (κ3) is 3.29. The number of benzene rings is 1. The molecule has 1 aromatic carbocycles. The smallest absolute Gasteiger partial charge is 0.270 e. The number of amides is 1. The van der Waals surface area contributed by atoms with Gasteiger partial charge in [-0.05, 0) is 24.3 Å². The maximum Gasteiger partial charge on any atom is 0.270 e. The lowest BCUT2D eigenvalue weighted by molar-refractivity contribution is -0.125. The molecule has 0 saturated carbocycles. The van der Waals surface area contributed by atoms with E-state index in [0.29, 0.717) is 16.4 Å². The summed E-state index contributed by atoms with van der Waals surface area (Å²) in [5, 5.41) is 8.97. The van der Waals surface area contributed by atoms with Gasteiger partial charge >= 0.3 is 0 Å². The summed E-state index contributed by atoms with van der Waals surface area (Å²) in [5.41, 5.74) is 2.80. The second-order valence-electron chi connectivity index (χ2n) is 5.46. The lowest BCUT2D eigenvalue weighted by Gasteiger charge is -2.07. The zero-order chi connectivity index (χ0) is 17.2. The van der Waals surface area contributed by atoms with E-state index in [1.807, 2.05) is 23.7 Å². The highest BCUT2D eigenvalue weighted by molar-refractivity contribution is 7.14. The molecule has 2 N–H and O–H groups in total. The van der Waals surface area contributed by atoms with Gasteiger partial charge in [-0.2, -0.15) is 0 Å². The minimum absolute atomic E-state index is 0.282. The number of carbonyl (C=O) groups excluding carboxylic acids is 1. The third-order valence-corrected chi connectivity index (χ3v) is 4.49. The molecule has 1 aliphatic rings. The summed E-state index contributed by atoms with van der Waals surface area (Å²) >= 11 is 1.33. The molecule has 0 bridgehead atoms. The average Bonchev–Trinajstić information content (AvgIpc) is 3.35. The van der Waals surface area contributed by atoms with E-state index in [9.17, 15) is 9.18 Å². The zero-order valence-electron chi connectivity index (χ0n) is 12.9. The van der Waals surface area contributed by atoms with Gasteiger partial charge in [0.05, 0.1) is 17.1 Å². The normalized spacial score (nSPS) is 16.4. The first-order chi connectivity index (χ1) is 12.2. The summed E-state index contributed by atoms with van der Waals surface area (Å²) in [6.45, 7) is 0. The molecule has 1 unspecified atom stereocenters. The highest BCUT2D eigenvalue weighted by Gasteiger charge is 2.29. The van der Waals surface area contributed by atoms with Gasteiger partial charge in [0.25, 0.3) is 5.91 Å². The minimum atomic E-state index is -0.754. The number of hydrogen-bond donors (Lipinski definition) is 2. The summed E-state index contributed by atoms with van der Waals surface area (Å²) in [4.78, 5) is 25.0. The van der Waals surface area contributed by atoms with Crippen LogP contribution in [0.3, 0.4) is 0 Å². The van der Waals surface area contributed by atoms with Crippen LogP contribution < -0.4 is 5.32 Å². The quantitative estimate of drug-likeness (QED) is 0.752. The Kier molecular flexibility index (Phi) is 4.02. The summed E-state index contributed by atoms with van der Waals surface area (Å²) in [5.74, 6) is -0.685. The van der Waals surface area contributed by atoms with Crippen LogP contribution >= 0.6 is 11.3 Å². The van der Waals surface area contributed by atoms with Crippen molar-refractivity contribution >= 4 is 28.1 Å². The molecule has 6 nitrogen and oxygen atoms in total. The monoisotopic (exact) mass is 356 g/mol. The van der Waals surface area contributed by atoms with Crippen LogP contribution in [0.25, 0.3) is 11.4 Å².